The minimum atomic E-state index is -2.86. The van der Waals surface area contributed by atoms with Gasteiger partial charge in [0.1, 0.15) is 0 Å². The number of sulfone groups is 1. The van der Waals surface area contributed by atoms with Gasteiger partial charge in [-0.3, -0.25) is 0 Å². The molecule has 1 heterocycles. The molecule has 2 fully saturated rings. The molecule has 0 aromatic heterocycles. The smallest absolute Gasteiger partial charge is 0.154 e. The predicted molar refractivity (Wildman–Crippen MR) is 47.4 cm³/mol. The molecule has 2 rings (SSSR count). The molecule has 1 aliphatic carbocycles. The van der Waals surface area contributed by atoms with Crippen molar-refractivity contribution in [1.82, 2.24) is 0 Å². The number of hydrogen-bond donors (Lipinski definition) is 1. The number of rotatable bonds is 0. The van der Waals surface area contributed by atoms with Crippen LogP contribution in [0.1, 0.15) is 19.8 Å². The molecular weight excluding hydrogens is 174 g/mol. The summed E-state index contributed by atoms with van der Waals surface area (Å²) in [4.78, 5) is 0. The van der Waals surface area contributed by atoms with Gasteiger partial charge in [-0.15, -0.1) is 0 Å². The van der Waals surface area contributed by atoms with Gasteiger partial charge in [-0.25, -0.2) is 8.42 Å². The van der Waals surface area contributed by atoms with Crippen LogP contribution in [-0.2, 0) is 9.84 Å². The number of nitrogens with two attached hydrogens (primary N) is 1. The molecule has 1 aliphatic heterocycles. The van der Waals surface area contributed by atoms with Crippen molar-refractivity contribution < 1.29 is 8.42 Å². The SMILES string of the molecule is CC1CC2CC1S(=O)(=O)CC2N. The lowest BCUT2D eigenvalue weighted by Crippen LogP contribution is -2.43. The van der Waals surface area contributed by atoms with Gasteiger partial charge in [-0.2, -0.15) is 0 Å². The summed E-state index contributed by atoms with van der Waals surface area (Å²) in [6, 6.07) is -0.101. The number of fused-ring (bicyclic) bond motifs is 2. The molecule has 70 valence electrons. The Labute approximate surface area is 73.2 Å². The molecule has 0 aromatic carbocycles. The summed E-state index contributed by atoms with van der Waals surface area (Å²) < 4.78 is 23.2. The zero-order valence-electron chi connectivity index (χ0n) is 7.23. The first-order valence-corrected chi connectivity index (χ1v) is 6.19. The van der Waals surface area contributed by atoms with E-state index in [1.807, 2.05) is 6.92 Å². The van der Waals surface area contributed by atoms with Crippen LogP contribution in [0.25, 0.3) is 0 Å². The van der Waals surface area contributed by atoms with Gasteiger partial charge in [0.25, 0.3) is 0 Å². The Bertz CT molecular complexity index is 285. The molecule has 2 aliphatic rings. The highest BCUT2D eigenvalue weighted by molar-refractivity contribution is 7.92. The van der Waals surface area contributed by atoms with Crippen molar-refractivity contribution in [3.8, 4) is 0 Å². The highest BCUT2D eigenvalue weighted by atomic mass is 32.2. The zero-order chi connectivity index (χ0) is 8.93. The first-order valence-electron chi connectivity index (χ1n) is 4.48. The average molecular weight is 189 g/mol. The standard InChI is InChI=1S/C8H15NO2S/c1-5-2-6-3-8(5)12(10,11)4-7(6)9/h5-8H,2-4,9H2,1H3. The maximum Gasteiger partial charge on any atom is 0.154 e. The Morgan fingerprint density at radius 1 is 1.33 bits per heavy atom. The monoisotopic (exact) mass is 189 g/mol. The molecule has 1 saturated carbocycles. The second-order valence-corrected chi connectivity index (χ2v) is 6.51. The van der Waals surface area contributed by atoms with Gasteiger partial charge in [0, 0.05) is 6.04 Å². The first-order chi connectivity index (χ1) is 5.50. The van der Waals surface area contributed by atoms with E-state index in [2.05, 4.69) is 0 Å². The van der Waals surface area contributed by atoms with E-state index in [0.29, 0.717) is 11.8 Å². The van der Waals surface area contributed by atoms with Gasteiger partial charge in [0.2, 0.25) is 0 Å². The Balaban J connectivity index is 2.35. The molecule has 2 N–H and O–H groups in total. The summed E-state index contributed by atoms with van der Waals surface area (Å²) >= 11 is 0. The Morgan fingerprint density at radius 3 is 2.67 bits per heavy atom. The lowest BCUT2D eigenvalue weighted by atomic mass is 9.99. The van der Waals surface area contributed by atoms with E-state index >= 15 is 0 Å². The molecule has 4 atom stereocenters. The predicted octanol–water partition coefficient (Wildman–Crippen LogP) is 0.157. The first kappa shape index (κ1) is 8.51. The fraction of sp³-hybridized carbons (Fsp3) is 1.00. The minimum Gasteiger partial charge on any atom is -0.327 e. The average Bonchev–Trinajstić information content (AvgIpc) is 2.26. The van der Waals surface area contributed by atoms with Crippen molar-refractivity contribution in [1.29, 1.82) is 0 Å². The Kier molecular flexibility index (Phi) is 1.74. The molecule has 0 radical (unpaired) electrons. The van der Waals surface area contributed by atoms with Gasteiger partial charge >= 0.3 is 0 Å². The second kappa shape index (κ2) is 2.45. The summed E-state index contributed by atoms with van der Waals surface area (Å²) in [7, 11) is -2.86. The maximum absolute atomic E-state index is 11.6. The molecule has 12 heavy (non-hydrogen) atoms. The third kappa shape index (κ3) is 1.09. The normalized spacial score (nSPS) is 50.8. The molecule has 0 spiro atoms. The molecule has 4 unspecified atom stereocenters. The van der Waals surface area contributed by atoms with E-state index in [1.54, 1.807) is 0 Å². The lowest BCUT2D eigenvalue weighted by Gasteiger charge is -2.25. The lowest BCUT2D eigenvalue weighted by molar-refractivity contribution is 0.434. The minimum absolute atomic E-state index is 0.0812. The molecule has 1 saturated heterocycles. The van der Waals surface area contributed by atoms with Crippen molar-refractivity contribution in [2.24, 2.45) is 17.6 Å². The van der Waals surface area contributed by atoms with E-state index < -0.39 is 9.84 Å². The summed E-state index contributed by atoms with van der Waals surface area (Å²) in [5, 5.41) is -0.0812. The van der Waals surface area contributed by atoms with Crippen molar-refractivity contribution in [3.63, 3.8) is 0 Å². The maximum atomic E-state index is 11.6. The third-order valence-corrected chi connectivity index (χ3v) is 5.76. The van der Waals surface area contributed by atoms with Crippen LogP contribution in [0, 0.1) is 11.8 Å². The van der Waals surface area contributed by atoms with Crippen molar-refractivity contribution in [3.05, 3.63) is 0 Å². The van der Waals surface area contributed by atoms with Crippen LogP contribution < -0.4 is 5.73 Å². The third-order valence-electron chi connectivity index (χ3n) is 3.34. The topological polar surface area (TPSA) is 60.2 Å². The zero-order valence-corrected chi connectivity index (χ0v) is 8.05. The Hall–Kier alpha value is -0.0900. The van der Waals surface area contributed by atoms with E-state index in [9.17, 15) is 8.42 Å². The molecule has 2 bridgehead atoms. The summed E-state index contributed by atoms with van der Waals surface area (Å²) in [5.41, 5.74) is 5.77. The summed E-state index contributed by atoms with van der Waals surface area (Å²) in [6.45, 7) is 2.03. The fourth-order valence-corrected chi connectivity index (χ4v) is 5.05. The fourth-order valence-electron chi connectivity index (χ4n) is 2.63. The largest absolute Gasteiger partial charge is 0.327 e. The van der Waals surface area contributed by atoms with Crippen molar-refractivity contribution in [2.45, 2.75) is 31.1 Å². The second-order valence-electron chi connectivity index (χ2n) is 4.24. The van der Waals surface area contributed by atoms with E-state index in [-0.39, 0.29) is 17.0 Å². The van der Waals surface area contributed by atoms with Crippen LogP contribution in [0.3, 0.4) is 0 Å². The summed E-state index contributed by atoms with van der Waals surface area (Å²) in [6.07, 6.45) is 1.82. The van der Waals surface area contributed by atoms with Gasteiger partial charge in [-0.1, -0.05) is 6.92 Å². The highest BCUT2D eigenvalue weighted by Gasteiger charge is 2.47. The van der Waals surface area contributed by atoms with Gasteiger partial charge < -0.3 is 5.73 Å². The molecule has 0 aromatic rings. The summed E-state index contributed by atoms with van der Waals surface area (Å²) in [5.74, 6) is 1.01. The van der Waals surface area contributed by atoms with Crippen molar-refractivity contribution in [2.75, 3.05) is 5.75 Å². The van der Waals surface area contributed by atoms with Crippen LogP contribution in [0.2, 0.25) is 0 Å². The van der Waals surface area contributed by atoms with Gasteiger partial charge in [0.15, 0.2) is 9.84 Å². The van der Waals surface area contributed by atoms with Gasteiger partial charge in [0.05, 0.1) is 11.0 Å². The van der Waals surface area contributed by atoms with Crippen LogP contribution in [0.4, 0.5) is 0 Å². The quantitative estimate of drug-likeness (QED) is 0.590. The van der Waals surface area contributed by atoms with Crippen molar-refractivity contribution >= 4 is 9.84 Å². The van der Waals surface area contributed by atoms with Gasteiger partial charge in [-0.05, 0) is 24.7 Å². The molecular formula is C8H15NO2S. The molecule has 0 amide bonds. The van der Waals surface area contributed by atoms with Crippen LogP contribution >= 0.6 is 0 Å². The highest BCUT2D eigenvalue weighted by Crippen LogP contribution is 2.41. The Morgan fingerprint density at radius 2 is 2.00 bits per heavy atom. The van der Waals surface area contributed by atoms with Crippen LogP contribution in [-0.4, -0.2) is 25.5 Å². The number of hydrogen-bond acceptors (Lipinski definition) is 3. The van der Waals surface area contributed by atoms with E-state index in [4.69, 9.17) is 5.73 Å². The molecule has 3 nitrogen and oxygen atoms in total. The molecule has 4 heteroatoms. The van der Waals surface area contributed by atoms with Crippen LogP contribution in [0.15, 0.2) is 0 Å². The van der Waals surface area contributed by atoms with E-state index in [0.717, 1.165) is 12.8 Å². The van der Waals surface area contributed by atoms with Crippen LogP contribution in [0.5, 0.6) is 0 Å². The van der Waals surface area contributed by atoms with E-state index in [1.165, 1.54) is 0 Å².